The lowest BCUT2D eigenvalue weighted by Gasteiger charge is -2.33. The van der Waals surface area contributed by atoms with E-state index in [1.807, 2.05) is 6.07 Å². The summed E-state index contributed by atoms with van der Waals surface area (Å²) in [6.07, 6.45) is 2.03. The first-order valence-electron chi connectivity index (χ1n) is 9.12. The van der Waals surface area contributed by atoms with Crippen molar-refractivity contribution in [3.8, 4) is 0 Å². The number of benzene rings is 1. The molecule has 0 aliphatic carbocycles. The Morgan fingerprint density at radius 2 is 2.00 bits per heavy atom. The Kier molecular flexibility index (Phi) is 4.32. The van der Waals surface area contributed by atoms with Gasteiger partial charge in [-0.3, -0.25) is 4.90 Å². The van der Waals surface area contributed by atoms with Crippen LogP contribution in [0.25, 0.3) is 10.2 Å². The lowest BCUT2D eigenvalue weighted by atomic mass is 10.2. The van der Waals surface area contributed by atoms with E-state index in [9.17, 15) is 0 Å². The molecule has 0 radical (unpaired) electrons. The first-order chi connectivity index (χ1) is 12.8. The van der Waals surface area contributed by atoms with Crippen molar-refractivity contribution in [3.05, 3.63) is 36.0 Å². The molecule has 0 amide bonds. The second-order valence-electron chi connectivity index (χ2n) is 6.78. The summed E-state index contributed by atoms with van der Waals surface area (Å²) in [6, 6.07) is 8.32. The van der Waals surface area contributed by atoms with E-state index in [1.54, 1.807) is 11.3 Å². The molecule has 1 unspecified atom stereocenters. The number of ether oxygens (including phenoxy) is 1. The number of thiazole rings is 1. The van der Waals surface area contributed by atoms with E-state index in [0.29, 0.717) is 5.89 Å². The van der Waals surface area contributed by atoms with E-state index in [-0.39, 0.29) is 6.10 Å². The molecule has 2 fully saturated rings. The normalized spacial score (nSPS) is 21.7. The van der Waals surface area contributed by atoms with Crippen LogP contribution in [0, 0.1) is 0 Å². The van der Waals surface area contributed by atoms with Gasteiger partial charge in [-0.1, -0.05) is 28.6 Å². The second-order valence-corrected chi connectivity index (χ2v) is 7.79. The summed E-state index contributed by atoms with van der Waals surface area (Å²) in [6.45, 7) is 5.39. The van der Waals surface area contributed by atoms with Crippen molar-refractivity contribution in [2.75, 3.05) is 37.7 Å². The number of piperazine rings is 1. The van der Waals surface area contributed by atoms with Crippen molar-refractivity contribution in [2.45, 2.75) is 25.5 Å². The van der Waals surface area contributed by atoms with Crippen molar-refractivity contribution < 1.29 is 9.26 Å². The maximum atomic E-state index is 5.61. The van der Waals surface area contributed by atoms with Gasteiger partial charge < -0.3 is 14.2 Å². The molecule has 0 bridgehead atoms. The number of aromatic nitrogens is 3. The van der Waals surface area contributed by atoms with Crippen molar-refractivity contribution in [1.29, 1.82) is 0 Å². The second kappa shape index (κ2) is 6.94. The van der Waals surface area contributed by atoms with E-state index in [1.165, 1.54) is 4.70 Å². The lowest BCUT2D eigenvalue weighted by molar-refractivity contribution is 0.0835. The summed E-state index contributed by atoms with van der Waals surface area (Å²) in [5.41, 5.74) is 1.09. The monoisotopic (exact) mass is 371 g/mol. The zero-order valence-corrected chi connectivity index (χ0v) is 15.3. The predicted octanol–water partition coefficient (Wildman–Crippen LogP) is 2.85. The molecule has 7 nitrogen and oxygen atoms in total. The summed E-state index contributed by atoms with van der Waals surface area (Å²) in [7, 11) is 0. The minimum atomic E-state index is -0.00728. The highest BCUT2D eigenvalue weighted by Gasteiger charge is 2.25. The summed E-state index contributed by atoms with van der Waals surface area (Å²) >= 11 is 1.77. The first-order valence-corrected chi connectivity index (χ1v) is 9.94. The highest BCUT2D eigenvalue weighted by atomic mass is 32.1. The molecule has 1 aromatic carbocycles. The van der Waals surface area contributed by atoms with Crippen LogP contribution in [0.2, 0.25) is 0 Å². The Morgan fingerprint density at radius 3 is 2.81 bits per heavy atom. The molecule has 0 N–H and O–H groups in total. The van der Waals surface area contributed by atoms with Gasteiger partial charge >= 0.3 is 0 Å². The molecule has 2 saturated heterocycles. The van der Waals surface area contributed by atoms with Crippen LogP contribution in [0.1, 0.15) is 30.7 Å². The Morgan fingerprint density at radius 1 is 1.12 bits per heavy atom. The van der Waals surface area contributed by atoms with E-state index in [0.717, 1.165) is 68.6 Å². The van der Waals surface area contributed by atoms with Crippen LogP contribution in [0.4, 0.5) is 5.13 Å². The van der Waals surface area contributed by atoms with Gasteiger partial charge in [0.15, 0.2) is 11.0 Å². The number of anilines is 1. The summed E-state index contributed by atoms with van der Waals surface area (Å²) in [5, 5.41) is 5.25. The molecule has 0 spiro atoms. The van der Waals surface area contributed by atoms with Gasteiger partial charge in [-0.25, -0.2) is 4.98 Å². The Bertz CT molecular complexity index is 847. The largest absolute Gasteiger partial charge is 0.368 e. The van der Waals surface area contributed by atoms with Gasteiger partial charge in [-0.15, -0.1) is 0 Å². The van der Waals surface area contributed by atoms with Gasteiger partial charge in [0.05, 0.1) is 16.8 Å². The third-order valence-electron chi connectivity index (χ3n) is 4.98. The topological polar surface area (TPSA) is 67.5 Å². The van der Waals surface area contributed by atoms with Gasteiger partial charge in [-0.05, 0) is 25.0 Å². The molecule has 1 atom stereocenters. The molecular formula is C18H21N5O2S. The Hall–Kier alpha value is -2.03. The third-order valence-corrected chi connectivity index (χ3v) is 6.08. The number of hydrogen-bond donors (Lipinski definition) is 0. The van der Waals surface area contributed by atoms with Crippen molar-refractivity contribution in [3.63, 3.8) is 0 Å². The SMILES string of the molecule is c1ccc2sc(N3CCN(Cc4noc(C5CCCO5)n4)CC3)nc2c1. The molecule has 26 heavy (non-hydrogen) atoms. The van der Waals surface area contributed by atoms with Crippen LogP contribution in [0.15, 0.2) is 28.8 Å². The predicted molar refractivity (Wildman–Crippen MR) is 99.3 cm³/mol. The van der Waals surface area contributed by atoms with Gasteiger partial charge in [0, 0.05) is 32.8 Å². The molecule has 3 aromatic rings. The highest BCUT2D eigenvalue weighted by molar-refractivity contribution is 7.22. The number of para-hydroxylation sites is 1. The fraction of sp³-hybridized carbons (Fsp3) is 0.500. The van der Waals surface area contributed by atoms with E-state index in [2.05, 4.69) is 38.1 Å². The summed E-state index contributed by atoms with van der Waals surface area (Å²) in [4.78, 5) is 14.0. The molecular weight excluding hydrogens is 350 g/mol. The number of hydrogen-bond acceptors (Lipinski definition) is 8. The van der Waals surface area contributed by atoms with Crippen LogP contribution in [0.5, 0.6) is 0 Å². The van der Waals surface area contributed by atoms with Crippen LogP contribution in [-0.4, -0.2) is 52.8 Å². The minimum absolute atomic E-state index is 0.00728. The number of fused-ring (bicyclic) bond motifs is 1. The lowest BCUT2D eigenvalue weighted by Crippen LogP contribution is -2.46. The van der Waals surface area contributed by atoms with Crippen molar-refractivity contribution in [2.24, 2.45) is 0 Å². The van der Waals surface area contributed by atoms with Gasteiger partial charge in [0.1, 0.15) is 6.10 Å². The van der Waals surface area contributed by atoms with E-state index in [4.69, 9.17) is 14.2 Å². The molecule has 4 heterocycles. The standard InChI is InChI=1S/C18H21N5O2S/c1-2-6-15-13(4-1)19-18(26-15)23-9-7-22(8-10-23)12-16-20-17(25-21-16)14-5-3-11-24-14/h1-2,4,6,14H,3,5,7-12H2. The molecule has 2 aliphatic heterocycles. The first kappa shape index (κ1) is 16.2. The smallest absolute Gasteiger partial charge is 0.255 e. The molecule has 8 heteroatoms. The third kappa shape index (κ3) is 3.20. The fourth-order valence-electron chi connectivity index (χ4n) is 3.53. The Labute approximate surface area is 155 Å². The van der Waals surface area contributed by atoms with Crippen molar-refractivity contribution in [1.82, 2.24) is 20.0 Å². The van der Waals surface area contributed by atoms with Gasteiger partial charge in [-0.2, -0.15) is 4.98 Å². The minimum Gasteiger partial charge on any atom is -0.368 e. The van der Waals surface area contributed by atoms with E-state index >= 15 is 0 Å². The molecule has 2 aromatic heterocycles. The Balaban J connectivity index is 1.19. The summed E-state index contributed by atoms with van der Waals surface area (Å²) < 4.78 is 12.2. The number of nitrogens with zero attached hydrogens (tertiary/aromatic N) is 5. The number of rotatable bonds is 4. The zero-order chi connectivity index (χ0) is 17.3. The quantitative estimate of drug-likeness (QED) is 0.698. The maximum Gasteiger partial charge on any atom is 0.255 e. The average Bonchev–Trinajstić information content (AvgIpc) is 3.42. The van der Waals surface area contributed by atoms with Gasteiger partial charge in [0.2, 0.25) is 0 Å². The molecule has 136 valence electrons. The molecule has 5 rings (SSSR count). The van der Waals surface area contributed by atoms with Crippen LogP contribution in [0.3, 0.4) is 0 Å². The van der Waals surface area contributed by atoms with Crippen LogP contribution < -0.4 is 4.90 Å². The summed E-state index contributed by atoms with van der Waals surface area (Å²) in [5.74, 6) is 1.38. The molecule has 2 aliphatic rings. The highest BCUT2D eigenvalue weighted by Crippen LogP contribution is 2.29. The maximum absolute atomic E-state index is 5.61. The van der Waals surface area contributed by atoms with Gasteiger partial charge in [0.25, 0.3) is 5.89 Å². The molecule has 0 saturated carbocycles. The van der Waals surface area contributed by atoms with Crippen LogP contribution >= 0.6 is 11.3 Å². The van der Waals surface area contributed by atoms with Crippen LogP contribution in [-0.2, 0) is 11.3 Å². The van der Waals surface area contributed by atoms with E-state index < -0.39 is 0 Å². The zero-order valence-electron chi connectivity index (χ0n) is 14.5. The average molecular weight is 371 g/mol. The van der Waals surface area contributed by atoms with Crippen molar-refractivity contribution >= 4 is 26.7 Å². The fourth-order valence-corrected chi connectivity index (χ4v) is 4.54.